The number of benzene rings is 1. The Bertz CT molecular complexity index is 805. The second-order valence-corrected chi connectivity index (χ2v) is 5.25. The van der Waals surface area contributed by atoms with Crippen molar-refractivity contribution in [1.29, 1.82) is 0 Å². The van der Waals surface area contributed by atoms with Gasteiger partial charge in [0.25, 0.3) is 0 Å². The van der Waals surface area contributed by atoms with Crippen LogP contribution in [-0.2, 0) is 18.3 Å². The molecular weight excluding hydrogens is 252 g/mol. The van der Waals surface area contributed by atoms with Crippen molar-refractivity contribution in [3.8, 4) is 0 Å². The zero-order valence-electron chi connectivity index (χ0n) is 11.5. The Balaban J connectivity index is 2.14. The van der Waals surface area contributed by atoms with Gasteiger partial charge in [-0.05, 0) is 24.1 Å². The molecule has 1 unspecified atom stereocenters. The third kappa shape index (κ3) is 1.93. The van der Waals surface area contributed by atoms with Gasteiger partial charge in [0.1, 0.15) is 0 Å². The molecule has 0 bridgehead atoms. The molecule has 20 heavy (non-hydrogen) atoms. The summed E-state index contributed by atoms with van der Waals surface area (Å²) >= 11 is 0. The molecule has 0 amide bonds. The molecule has 0 saturated heterocycles. The summed E-state index contributed by atoms with van der Waals surface area (Å²) in [6, 6.07) is 8.14. The minimum absolute atomic E-state index is 0.371. The smallest absolute Gasteiger partial charge is 0.306 e. The standard InChI is InChI=1S/C16H16N2O2/c1-10(16(19)20)7-11-3-4-12-13-9-17-6-5-14(13)18(2)15(12)8-11/h3-6,8-10H,7H2,1-2H3,(H,19,20). The molecule has 4 heteroatoms. The number of carbonyl (C=O) groups is 1. The van der Waals surface area contributed by atoms with Gasteiger partial charge in [-0.2, -0.15) is 0 Å². The maximum Gasteiger partial charge on any atom is 0.306 e. The minimum atomic E-state index is -0.758. The van der Waals surface area contributed by atoms with Crippen LogP contribution in [0.3, 0.4) is 0 Å². The van der Waals surface area contributed by atoms with E-state index in [9.17, 15) is 4.79 Å². The van der Waals surface area contributed by atoms with Crippen LogP contribution in [0.2, 0.25) is 0 Å². The van der Waals surface area contributed by atoms with Crippen LogP contribution in [0.4, 0.5) is 0 Å². The Morgan fingerprint density at radius 1 is 1.30 bits per heavy atom. The highest BCUT2D eigenvalue weighted by Crippen LogP contribution is 2.28. The SMILES string of the molecule is CC(Cc1ccc2c3cnccc3n(C)c2c1)C(=O)O. The molecule has 3 aromatic rings. The van der Waals surface area contributed by atoms with Crippen LogP contribution >= 0.6 is 0 Å². The van der Waals surface area contributed by atoms with Crippen molar-refractivity contribution in [2.75, 3.05) is 0 Å². The lowest BCUT2D eigenvalue weighted by atomic mass is 10.0. The van der Waals surface area contributed by atoms with Gasteiger partial charge in [0.15, 0.2) is 0 Å². The fraction of sp³-hybridized carbons (Fsp3) is 0.250. The average molecular weight is 268 g/mol. The van der Waals surface area contributed by atoms with Gasteiger partial charge in [-0.25, -0.2) is 0 Å². The average Bonchev–Trinajstić information content (AvgIpc) is 2.73. The molecule has 0 aliphatic heterocycles. The predicted molar refractivity (Wildman–Crippen MR) is 78.7 cm³/mol. The van der Waals surface area contributed by atoms with E-state index in [1.54, 1.807) is 13.1 Å². The molecule has 0 aliphatic carbocycles. The molecule has 1 aromatic carbocycles. The lowest BCUT2D eigenvalue weighted by Gasteiger charge is -2.07. The Morgan fingerprint density at radius 2 is 2.10 bits per heavy atom. The van der Waals surface area contributed by atoms with Crippen molar-refractivity contribution in [2.45, 2.75) is 13.3 Å². The largest absolute Gasteiger partial charge is 0.481 e. The normalized spacial score (nSPS) is 12.9. The first-order chi connectivity index (χ1) is 9.58. The van der Waals surface area contributed by atoms with Gasteiger partial charge in [-0.15, -0.1) is 0 Å². The number of hydrogen-bond donors (Lipinski definition) is 1. The van der Waals surface area contributed by atoms with Crippen LogP contribution in [0.1, 0.15) is 12.5 Å². The maximum absolute atomic E-state index is 11.0. The number of fused-ring (bicyclic) bond motifs is 3. The van der Waals surface area contributed by atoms with E-state index in [0.29, 0.717) is 6.42 Å². The van der Waals surface area contributed by atoms with Gasteiger partial charge in [0.2, 0.25) is 0 Å². The number of carboxylic acids is 1. The Hall–Kier alpha value is -2.36. The van der Waals surface area contributed by atoms with Crippen molar-refractivity contribution in [3.63, 3.8) is 0 Å². The summed E-state index contributed by atoms with van der Waals surface area (Å²) in [5, 5.41) is 11.3. The highest BCUT2D eigenvalue weighted by molar-refractivity contribution is 6.07. The first-order valence-corrected chi connectivity index (χ1v) is 6.62. The number of aliphatic carboxylic acids is 1. The van der Waals surface area contributed by atoms with Gasteiger partial charge < -0.3 is 9.67 Å². The summed E-state index contributed by atoms with van der Waals surface area (Å²) < 4.78 is 2.13. The maximum atomic E-state index is 11.0. The molecule has 1 atom stereocenters. The van der Waals surface area contributed by atoms with Crippen LogP contribution in [0, 0.1) is 5.92 Å². The van der Waals surface area contributed by atoms with Crippen LogP contribution in [-0.4, -0.2) is 20.6 Å². The van der Waals surface area contributed by atoms with Crippen LogP contribution in [0.15, 0.2) is 36.7 Å². The lowest BCUT2D eigenvalue weighted by Crippen LogP contribution is -2.12. The number of aryl methyl sites for hydroxylation is 1. The second-order valence-electron chi connectivity index (χ2n) is 5.25. The van der Waals surface area contributed by atoms with Gasteiger partial charge in [0.05, 0.1) is 11.4 Å². The molecule has 0 aliphatic rings. The van der Waals surface area contributed by atoms with E-state index in [-0.39, 0.29) is 5.92 Å². The molecule has 0 fully saturated rings. The number of aromatic nitrogens is 2. The van der Waals surface area contributed by atoms with Crippen molar-refractivity contribution >= 4 is 27.8 Å². The third-order valence-corrected chi connectivity index (χ3v) is 3.84. The van der Waals surface area contributed by atoms with Crippen molar-refractivity contribution in [1.82, 2.24) is 9.55 Å². The summed E-state index contributed by atoms with van der Waals surface area (Å²) in [6.45, 7) is 1.73. The Labute approximate surface area is 116 Å². The molecule has 0 radical (unpaired) electrons. The molecule has 2 heterocycles. The fourth-order valence-corrected chi connectivity index (χ4v) is 2.67. The summed E-state index contributed by atoms with van der Waals surface area (Å²) in [6.07, 6.45) is 4.21. The Morgan fingerprint density at radius 3 is 2.85 bits per heavy atom. The molecule has 0 saturated carbocycles. The highest BCUT2D eigenvalue weighted by Gasteiger charge is 2.13. The number of nitrogens with zero attached hydrogens (tertiary/aromatic N) is 2. The van der Waals surface area contributed by atoms with E-state index in [2.05, 4.69) is 21.7 Å². The van der Waals surface area contributed by atoms with E-state index in [1.165, 1.54) is 0 Å². The summed E-state index contributed by atoms with van der Waals surface area (Å²) in [5.41, 5.74) is 3.30. The number of rotatable bonds is 3. The lowest BCUT2D eigenvalue weighted by molar-refractivity contribution is -0.141. The highest BCUT2D eigenvalue weighted by atomic mass is 16.4. The monoisotopic (exact) mass is 268 g/mol. The summed E-state index contributed by atoms with van der Waals surface area (Å²) in [7, 11) is 2.02. The quantitative estimate of drug-likeness (QED) is 0.794. The second kappa shape index (κ2) is 4.63. The zero-order valence-corrected chi connectivity index (χ0v) is 11.5. The van der Waals surface area contributed by atoms with E-state index in [1.807, 2.05) is 25.4 Å². The molecule has 2 aromatic heterocycles. The van der Waals surface area contributed by atoms with Crippen molar-refractivity contribution < 1.29 is 9.90 Å². The Kier molecular flexibility index (Phi) is 2.93. The molecule has 0 spiro atoms. The molecule has 3 rings (SSSR count). The van der Waals surface area contributed by atoms with Gasteiger partial charge in [0, 0.05) is 35.7 Å². The third-order valence-electron chi connectivity index (χ3n) is 3.84. The van der Waals surface area contributed by atoms with Gasteiger partial charge >= 0.3 is 5.97 Å². The number of pyridine rings is 1. The van der Waals surface area contributed by atoms with Crippen LogP contribution < -0.4 is 0 Å². The number of hydrogen-bond acceptors (Lipinski definition) is 2. The number of carboxylic acid groups (broad SMARTS) is 1. The van der Waals surface area contributed by atoms with E-state index >= 15 is 0 Å². The zero-order chi connectivity index (χ0) is 14.3. The first kappa shape index (κ1) is 12.7. The summed E-state index contributed by atoms with van der Waals surface area (Å²) in [5.74, 6) is -1.13. The van der Waals surface area contributed by atoms with Crippen molar-refractivity contribution in [2.24, 2.45) is 13.0 Å². The summed E-state index contributed by atoms with van der Waals surface area (Å²) in [4.78, 5) is 15.1. The first-order valence-electron chi connectivity index (χ1n) is 6.62. The molecule has 4 nitrogen and oxygen atoms in total. The van der Waals surface area contributed by atoms with Gasteiger partial charge in [-0.1, -0.05) is 19.1 Å². The van der Waals surface area contributed by atoms with Crippen molar-refractivity contribution in [3.05, 3.63) is 42.2 Å². The topological polar surface area (TPSA) is 55.1 Å². The van der Waals surface area contributed by atoms with Crippen LogP contribution in [0.5, 0.6) is 0 Å². The molecular formula is C16H16N2O2. The molecule has 1 N–H and O–H groups in total. The minimum Gasteiger partial charge on any atom is -0.481 e. The van der Waals surface area contributed by atoms with E-state index in [0.717, 1.165) is 27.4 Å². The fourth-order valence-electron chi connectivity index (χ4n) is 2.67. The van der Waals surface area contributed by atoms with E-state index < -0.39 is 5.97 Å². The predicted octanol–water partition coefficient (Wildman–Crippen LogP) is 2.99. The van der Waals surface area contributed by atoms with Gasteiger partial charge in [-0.3, -0.25) is 9.78 Å². The van der Waals surface area contributed by atoms with E-state index in [4.69, 9.17) is 5.11 Å². The molecule has 102 valence electrons. The van der Waals surface area contributed by atoms with Crippen LogP contribution in [0.25, 0.3) is 21.8 Å².